The molecule has 0 bridgehead atoms. The van der Waals surface area contributed by atoms with E-state index in [-0.39, 0.29) is 28.5 Å². The summed E-state index contributed by atoms with van der Waals surface area (Å²) >= 11 is 0. The Morgan fingerprint density at radius 2 is 1.84 bits per heavy atom. The maximum Gasteiger partial charge on any atom is 0.294 e. The highest BCUT2D eigenvalue weighted by Crippen LogP contribution is 2.42. The number of anilines is 2. The van der Waals surface area contributed by atoms with Crippen molar-refractivity contribution in [3.05, 3.63) is 58.1 Å². The Balaban J connectivity index is 1.49. The van der Waals surface area contributed by atoms with Crippen molar-refractivity contribution >= 4 is 38.3 Å². The molecular weight excluding hydrogens is 505 g/mol. The van der Waals surface area contributed by atoms with E-state index in [9.17, 15) is 18.0 Å². The molecule has 3 heterocycles. The maximum absolute atomic E-state index is 15.4. The fourth-order valence-corrected chi connectivity index (χ4v) is 5.08. The number of benzene rings is 2. The second kappa shape index (κ2) is 9.32. The van der Waals surface area contributed by atoms with Gasteiger partial charge in [0.25, 0.3) is 16.0 Å². The first-order valence-corrected chi connectivity index (χ1v) is 13.1. The summed E-state index contributed by atoms with van der Waals surface area (Å²) in [6.07, 6.45) is 1.45. The van der Waals surface area contributed by atoms with E-state index >= 15 is 4.39 Å². The van der Waals surface area contributed by atoms with Crippen LogP contribution >= 0.6 is 0 Å². The zero-order chi connectivity index (χ0) is 26.5. The predicted molar refractivity (Wildman–Crippen MR) is 135 cm³/mol. The number of piperazine rings is 1. The first-order chi connectivity index (χ1) is 17.5. The van der Waals surface area contributed by atoms with Crippen LogP contribution in [0.2, 0.25) is 0 Å². The topological polar surface area (TPSA) is 133 Å². The third-order valence-corrected chi connectivity index (χ3v) is 7.55. The van der Waals surface area contributed by atoms with E-state index in [2.05, 4.69) is 15.8 Å². The largest absolute Gasteiger partial charge is 0.487 e. The van der Waals surface area contributed by atoms with E-state index in [1.807, 2.05) is 18.9 Å². The number of rotatable bonds is 5. The number of likely N-dealkylation sites (N-methyl/N-ethyl adjacent to an activating group) is 1. The molecule has 2 aliphatic rings. The first-order valence-electron chi connectivity index (χ1n) is 11.7. The molecule has 0 spiro atoms. The summed E-state index contributed by atoms with van der Waals surface area (Å²) < 4.78 is 54.6. The van der Waals surface area contributed by atoms with Gasteiger partial charge in [-0.15, -0.1) is 0 Å². The van der Waals surface area contributed by atoms with Crippen LogP contribution in [0.15, 0.2) is 46.2 Å². The second-order valence-corrected chi connectivity index (χ2v) is 10.7. The molecule has 3 aromatic rings. The Kier molecular flexibility index (Phi) is 6.30. The summed E-state index contributed by atoms with van der Waals surface area (Å²) in [7, 11) is -2.35. The predicted octanol–water partition coefficient (Wildman–Crippen LogP) is 1.85. The number of nitrogens with one attached hydrogen (secondary N) is 2. The van der Waals surface area contributed by atoms with Crippen LogP contribution in [0.1, 0.15) is 23.3 Å². The van der Waals surface area contributed by atoms with E-state index in [0.29, 0.717) is 35.7 Å². The van der Waals surface area contributed by atoms with Crippen LogP contribution < -0.4 is 25.9 Å². The van der Waals surface area contributed by atoms with Crippen molar-refractivity contribution in [3.8, 4) is 5.75 Å². The molecule has 5 rings (SSSR count). The average Bonchev–Trinajstić information content (AvgIpc) is 2.86. The van der Waals surface area contributed by atoms with E-state index in [1.54, 1.807) is 4.57 Å². The van der Waals surface area contributed by atoms with Crippen molar-refractivity contribution in [3.63, 3.8) is 0 Å². The number of amides is 1. The highest BCUT2D eigenvalue weighted by molar-refractivity contribution is 7.85. The number of halogens is 1. The summed E-state index contributed by atoms with van der Waals surface area (Å²) in [5.41, 5.74) is 5.26. The number of carbonyl (C=O) groups excluding carboxylic acids is 1. The molecule has 2 aromatic carbocycles. The summed E-state index contributed by atoms with van der Waals surface area (Å²) in [6, 6.07) is 5.94. The number of carbonyl (C=O) groups is 1. The van der Waals surface area contributed by atoms with Crippen LogP contribution in [0.3, 0.4) is 0 Å². The Bertz CT molecular complexity index is 1550. The third kappa shape index (κ3) is 4.61. The van der Waals surface area contributed by atoms with Crippen LogP contribution in [-0.4, -0.2) is 68.2 Å². The lowest BCUT2D eigenvalue weighted by Gasteiger charge is -2.37. The molecule has 1 amide bonds. The Morgan fingerprint density at radius 3 is 2.49 bits per heavy atom. The van der Waals surface area contributed by atoms with Crippen molar-refractivity contribution in [2.45, 2.75) is 17.9 Å². The number of ether oxygens (including phenoxy) is 1. The second-order valence-electron chi connectivity index (χ2n) is 9.24. The molecule has 196 valence electrons. The molecule has 3 N–H and O–H groups in total. The van der Waals surface area contributed by atoms with E-state index in [0.717, 1.165) is 25.2 Å². The minimum absolute atomic E-state index is 0.0436. The monoisotopic (exact) mass is 531 g/mol. The number of pyridine rings is 1. The van der Waals surface area contributed by atoms with Gasteiger partial charge in [-0.05, 0) is 44.3 Å². The SMILES string of the molecule is C[C@H]1COc2c(N3CCN(C)CC3)c(F)cc3c(=O)c(C(=O)NNc4ccc(S(=O)(=O)O)cc4)cn1c23. The normalized spacial score (nSPS) is 17.9. The lowest BCUT2D eigenvalue weighted by Crippen LogP contribution is -2.45. The average molecular weight is 532 g/mol. The smallest absolute Gasteiger partial charge is 0.294 e. The third-order valence-electron chi connectivity index (χ3n) is 6.68. The highest BCUT2D eigenvalue weighted by Gasteiger charge is 2.31. The number of hydrogen-bond acceptors (Lipinski definition) is 8. The van der Waals surface area contributed by atoms with Crippen LogP contribution in [0.4, 0.5) is 15.8 Å². The van der Waals surface area contributed by atoms with Crippen molar-refractivity contribution in [2.75, 3.05) is 50.2 Å². The van der Waals surface area contributed by atoms with Gasteiger partial charge in [0, 0.05) is 32.4 Å². The molecule has 0 radical (unpaired) electrons. The first kappa shape index (κ1) is 25.0. The zero-order valence-electron chi connectivity index (χ0n) is 20.2. The van der Waals surface area contributed by atoms with Gasteiger partial charge in [-0.2, -0.15) is 8.42 Å². The van der Waals surface area contributed by atoms with Gasteiger partial charge >= 0.3 is 0 Å². The molecule has 0 aliphatic carbocycles. The van der Waals surface area contributed by atoms with Crippen molar-refractivity contribution in [1.82, 2.24) is 14.9 Å². The molecule has 11 nitrogen and oxygen atoms in total. The van der Waals surface area contributed by atoms with Gasteiger partial charge < -0.3 is 19.1 Å². The molecular formula is C24H26FN5O6S. The number of hydrazine groups is 1. The molecule has 37 heavy (non-hydrogen) atoms. The fourth-order valence-electron chi connectivity index (χ4n) is 4.60. The minimum Gasteiger partial charge on any atom is -0.487 e. The lowest BCUT2D eigenvalue weighted by atomic mass is 10.0. The van der Waals surface area contributed by atoms with Gasteiger partial charge in [-0.3, -0.25) is 25.0 Å². The van der Waals surface area contributed by atoms with Crippen LogP contribution in [-0.2, 0) is 10.1 Å². The molecule has 2 aliphatic heterocycles. The van der Waals surface area contributed by atoms with Crippen LogP contribution in [0.25, 0.3) is 10.9 Å². The summed E-state index contributed by atoms with van der Waals surface area (Å²) in [5.74, 6) is -1.03. The number of aromatic nitrogens is 1. The standard InChI is InChI=1S/C24H26FN5O6S/c1-14-13-36-23-20-17(11-19(25)21(23)29-9-7-28(2)8-10-29)22(31)18(12-30(14)20)24(32)27-26-15-3-5-16(6-4-15)37(33,34)35/h3-6,11-12,14,26H,7-10,13H2,1-2H3,(H,27,32)(H,33,34,35)/t14-/m0/s1. The number of hydrogen-bond donors (Lipinski definition) is 3. The van der Waals surface area contributed by atoms with Gasteiger partial charge in [0.2, 0.25) is 5.43 Å². The van der Waals surface area contributed by atoms with E-state index < -0.39 is 27.3 Å². The molecule has 1 aromatic heterocycles. The zero-order valence-corrected chi connectivity index (χ0v) is 21.0. The molecule has 13 heteroatoms. The summed E-state index contributed by atoms with van der Waals surface area (Å²) in [6.45, 7) is 4.89. The number of nitrogens with zero attached hydrogens (tertiary/aromatic N) is 3. The Hall–Kier alpha value is -3.68. The van der Waals surface area contributed by atoms with E-state index in [1.165, 1.54) is 24.4 Å². The summed E-state index contributed by atoms with van der Waals surface area (Å²) in [4.78, 5) is 30.1. The Morgan fingerprint density at radius 1 is 1.16 bits per heavy atom. The lowest BCUT2D eigenvalue weighted by molar-refractivity contribution is 0.0960. The molecule has 1 fully saturated rings. The molecule has 0 saturated carbocycles. The van der Waals surface area contributed by atoms with Crippen LogP contribution in [0, 0.1) is 5.82 Å². The fraction of sp³-hybridized carbons (Fsp3) is 0.333. The van der Waals surface area contributed by atoms with Crippen molar-refractivity contribution in [2.24, 2.45) is 0 Å². The maximum atomic E-state index is 15.4. The molecule has 1 saturated heterocycles. The van der Waals surface area contributed by atoms with Crippen molar-refractivity contribution in [1.29, 1.82) is 0 Å². The Labute approximate surface area is 212 Å². The van der Waals surface area contributed by atoms with E-state index in [4.69, 9.17) is 9.29 Å². The quantitative estimate of drug-likeness (QED) is 0.333. The minimum atomic E-state index is -4.35. The van der Waals surface area contributed by atoms with Gasteiger partial charge in [0.15, 0.2) is 11.6 Å². The van der Waals surface area contributed by atoms with Crippen molar-refractivity contribution < 1.29 is 26.9 Å². The van der Waals surface area contributed by atoms with Gasteiger partial charge in [-0.25, -0.2) is 4.39 Å². The highest BCUT2D eigenvalue weighted by atomic mass is 32.2. The summed E-state index contributed by atoms with van der Waals surface area (Å²) in [5, 5.41) is 0.0436. The molecule has 0 unspecified atom stereocenters. The van der Waals surface area contributed by atoms with Crippen LogP contribution in [0.5, 0.6) is 5.75 Å². The van der Waals surface area contributed by atoms with Gasteiger partial charge in [-0.1, -0.05) is 0 Å². The van der Waals surface area contributed by atoms with Gasteiger partial charge in [0.1, 0.15) is 17.9 Å². The molecule has 1 atom stereocenters. The van der Waals surface area contributed by atoms with Gasteiger partial charge in [0.05, 0.1) is 27.5 Å².